The first-order valence-corrected chi connectivity index (χ1v) is 6.67. The molecule has 0 spiro atoms. The first kappa shape index (κ1) is 16.5. The van der Waals surface area contributed by atoms with Gasteiger partial charge in [-0.2, -0.15) is 8.78 Å². The minimum absolute atomic E-state index is 0.00152. The van der Waals surface area contributed by atoms with E-state index in [0.29, 0.717) is 5.56 Å². The van der Waals surface area contributed by atoms with Gasteiger partial charge in [-0.3, -0.25) is 0 Å². The third-order valence-electron chi connectivity index (χ3n) is 2.78. The zero-order chi connectivity index (χ0) is 16.1. The maximum absolute atomic E-state index is 13.5. The Morgan fingerprint density at radius 1 is 1.09 bits per heavy atom. The van der Waals surface area contributed by atoms with Gasteiger partial charge in [0.2, 0.25) is 0 Å². The molecule has 0 bridgehead atoms. The van der Waals surface area contributed by atoms with Crippen molar-refractivity contribution in [1.82, 2.24) is 0 Å². The molecule has 0 fully saturated rings. The van der Waals surface area contributed by atoms with Crippen LogP contribution in [-0.4, -0.2) is 11.7 Å². The Bertz CT molecular complexity index is 620. The Labute approximate surface area is 129 Å². The summed E-state index contributed by atoms with van der Waals surface area (Å²) in [5.74, 6) is -0.608. The van der Waals surface area contributed by atoms with Gasteiger partial charge in [0.15, 0.2) is 5.56 Å². The van der Waals surface area contributed by atoms with E-state index in [2.05, 4.69) is 4.74 Å². The Hall–Kier alpha value is -1.92. The smallest absolute Gasteiger partial charge is 0.387 e. The number of hydrogen-bond acceptors (Lipinski definition) is 3. The molecule has 0 saturated heterocycles. The second kappa shape index (κ2) is 7.38. The van der Waals surface area contributed by atoms with E-state index in [0.717, 1.165) is 6.07 Å². The van der Waals surface area contributed by atoms with Crippen molar-refractivity contribution in [3.8, 4) is 11.5 Å². The molecule has 3 nitrogen and oxygen atoms in total. The summed E-state index contributed by atoms with van der Waals surface area (Å²) in [5, 5.41) is 9.29. The Kier molecular flexibility index (Phi) is 5.51. The molecule has 0 aliphatic carbocycles. The second-order valence-corrected chi connectivity index (χ2v) is 4.75. The fourth-order valence-electron chi connectivity index (χ4n) is 1.73. The summed E-state index contributed by atoms with van der Waals surface area (Å²) in [5.41, 5.74) is -0.241. The molecule has 7 heteroatoms. The fraction of sp³-hybridized carbons (Fsp3) is 0.200. The SMILES string of the molecule is Oc1ccc(F)c(COC(Cl)c2ccc(OC(F)F)cc2)c1. The number of phenolic OH excluding ortho intramolecular Hbond substituents is 1. The van der Waals surface area contributed by atoms with Crippen molar-refractivity contribution >= 4 is 11.6 Å². The van der Waals surface area contributed by atoms with Crippen LogP contribution in [0.15, 0.2) is 42.5 Å². The number of phenols is 1. The van der Waals surface area contributed by atoms with Gasteiger partial charge in [0, 0.05) is 5.56 Å². The molecule has 0 saturated carbocycles. The molecule has 0 radical (unpaired) electrons. The first-order chi connectivity index (χ1) is 10.5. The summed E-state index contributed by atoms with van der Waals surface area (Å²) in [7, 11) is 0. The van der Waals surface area contributed by atoms with E-state index < -0.39 is 18.0 Å². The first-order valence-electron chi connectivity index (χ1n) is 6.23. The Morgan fingerprint density at radius 3 is 2.41 bits per heavy atom. The predicted molar refractivity (Wildman–Crippen MR) is 74.5 cm³/mol. The summed E-state index contributed by atoms with van der Waals surface area (Å²) < 4.78 is 47.0. The summed E-state index contributed by atoms with van der Waals surface area (Å²) in [6.45, 7) is -3.05. The van der Waals surface area contributed by atoms with E-state index in [1.54, 1.807) is 0 Å². The summed E-state index contributed by atoms with van der Waals surface area (Å²) >= 11 is 6.01. The molecule has 1 N–H and O–H groups in total. The summed E-state index contributed by atoms with van der Waals surface area (Å²) in [4.78, 5) is 0. The highest BCUT2D eigenvalue weighted by molar-refractivity contribution is 6.19. The van der Waals surface area contributed by atoms with Crippen LogP contribution in [0.2, 0.25) is 0 Å². The molecular weight excluding hydrogens is 321 g/mol. The van der Waals surface area contributed by atoms with Gasteiger partial charge in [0.1, 0.15) is 17.3 Å². The summed E-state index contributed by atoms with van der Waals surface area (Å²) in [6.07, 6.45) is 0. The van der Waals surface area contributed by atoms with Gasteiger partial charge >= 0.3 is 6.61 Å². The van der Waals surface area contributed by atoms with Crippen LogP contribution in [0.4, 0.5) is 13.2 Å². The van der Waals surface area contributed by atoms with Crippen molar-refractivity contribution in [3.63, 3.8) is 0 Å². The number of aromatic hydroxyl groups is 1. The van der Waals surface area contributed by atoms with Gasteiger partial charge in [0.25, 0.3) is 0 Å². The molecule has 1 atom stereocenters. The van der Waals surface area contributed by atoms with Crippen molar-refractivity contribution in [3.05, 3.63) is 59.4 Å². The molecule has 2 aromatic carbocycles. The van der Waals surface area contributed by atoms with Gasteiger partial charge in [-0.05, 0) is 35.9 Å². The normalized spacial score (nSPS) is 12.4. The number of hydrogen-bond donors (Lipinski definition) is 1. The van der Waals surface area contributed by atoms with Crippen LogP contribution in [0.25, 0.3) is 0 Å². The molecular formula is C15H12ClF3O3. The average molecular weight is 333 g/mol. The van der Waals surface area contributed by atoms with Crippen molar-refractivity contribution < 1.29 is 27.8 Å². The molecule has 1 unspecified atom stereocenters. The van der Waals surface area contributed by atoms with Crippen molar-refractivity contribution in [1.29, 1.82) is 0 Å². The lowest BCUT2D eigenvalue weighted by Gasteiger charge is -2.13. The van der Waals surface area contributed by atoms with Crippen molar-refractivity contribution in [2.45, 2.75) is 18.8 Å². The molecule has 118 valence electrons. The van der Waals surface area contributed by atoms with Crippen molar-refractivity contribution in [2.75, 3.05) is 0 Å². The van der Waals surface area contributed by atoms with E-state index in [9.17, 15) is 18.3 Å². The van der Waals surface area contributed by atoms with Gasteiger partial charge in [0.05, 0.1) is 6.61 Å². The number of ether oxygens (including phenoxy) is 2. The highest BCUT2D eigenvalue weighted by Gasteiger charge is 2.12. The van der Waals surface area contributed by atoms with E-state index in [4.69, 9.17) is 16.3 Å². The highest BCUT2D eigenvalue weighted by Crippen LogP contribution is 2.27. The van der Waals surface area contributed by atoms with Crippen LogP contribution in [0.5, 0.6) is 11.5 Å². The van der Waals surface area contributed by atoms with Crippen LogP contribution >= 0.6 is 11.6 Å². The summed E-state index contributed by atoms with van der Waals surface area (Å²) in [6, 6.07) is 9.16. The van der Waals surface area contributed by atoms with Gasteiger partial charge in [-0.15, -0.1) is 0 Å². The zero-order valence-corrected chi connectivity index (χ0v) is 11.9. The van der Waals surface area contributed by atoms with Crippen LogP contribution in [0, 0.1) is 5.82 Å². The van der Waals surface area contributed by atoms with Gasteiger partial charge in [-0.1, -0.05) is 23.7 Å². The van der Waals surface area contributed by atoms with Crippen molar-refractivity contribution in [2.24, 2.45) is 0 Å². The van der Waals surface area contributed by atoms with Crippen LogP contribution < -0.4 is 4.74 Å². The lowest BCUT2D eigenvalue weighted by molar-refractivity contribution is -0.0498. The number of alkyl halides is 3. The quantitative estimate of drug-likeness (QED) is 0.786. The molecule has 0 amide bonds. The monoisotopic (exact) mass is 332 g/mol. The van der Waals surface area contributed by atoms with E-state index >= 15 is 0 Å². The fourth-order valence-corrected chi connectivity index (χ4v) is 1.94. The largest absolute Gasteiger partial charge is 0.508 e. The minimum atomic E-state index is -2.90. The lowest BCUT2D eigenvalue weighted by atomic mass is 10.2. The van der Waals surface area contributed by atoms with Gasteiger partial charge in [-0.25, -0.2) is 4.39 Å². The van der Waals surface area contributed by atoms with Crippen LogP contribution in [0.1, 0.15) is 16.7 Å². The number of benzene rings is 2. The zero-order valence-electron chi connectivity index (χ0n) is 11.2. The second-order valence-electron chi connectivity index (χ2n) is 4.35. The lowest BCUT2D eigenvalue weighted by Crippen LogP contribution is -2.03. The molecule has 0 aliphatic heterocycles. The molecule has 0 heterocycles. The van der Waals surface area contributed by atoms with E-state index in [1.165, 1.54) is 36.4 Å². The third-order valence-corrected chi connectivity index (χ3v) is 3.16. The molecule has 2 aromatic rings. The Morgan fingerprint density at radius 2 is 1.77 bits per heavy atom. The van der Waals surface area contributed by atoms with E-state index in [-0.39, 0.29) is 23.7 Å². The maximum Gasteiger partial charge on any atom is 0.387 e. The standard InChI is InChI=1S/C15H12ClF3O3/c16-14(9-1-4-12(5-2-9)22-15(18)19)21-8-10-7-11(20)3-6-13(10)17/h1-7,14-15,20H,8H2. The molecule has 0 aliphatic rings. The molecule has 22 heavy (non-hydrogen) atoms. The third kappa shape index (κ3) is 4.54. The number of halogens is 4. The van der Waals surface area contributed by atoms with Gasteiger partial charge < -0.3 is 14.6 Å². The topological polar surface area (TPSA) is 38.7 Å². The minimum Gasteiger partial charge on any atom is -0.508 e. The average Bonchev–Trinajstić information content (AvgIpc) is 2.48. The predicted octanol–water partition coefficient (Wildman–Crippen LogP) is 4.59. The Balaban J connectivity index is 1.97. The molecule has 0 aromatic heterocycles. The van der Waals surface area contributed by atoms with Crippen LogP contribution in [0.3, 0.4) is 0 Å². The molecule has 2 rings (SSSR count). The highest BCUT2D eigenvalue weighted by atomic mass is 35.5. The maximum atomic E-state index is 13.5. The van der Waals surface area contributed by atoms with Crippen LogP contribution in [-0.2, 0) is 11.3 Å². The van der Waals surface area contributed by atoms with E-state index in [1.807, 2.05) is 0 Å². The number of rotatable bonds is 6.